The summed E-state index contributed by atoms with van der Waals surface area (Å²) in [7, 11) is 1.73. The molecule has 0 saturated carbocycles. The number of nitrogens with one attached hydrogen (secondary N) is 1. The molecular formula is C21H28N2O3S. The van der Waals surface area contributed by atoms with E-state index >= 15 is 0 Å². The third-order valence-corrected chi connectivity index (χ3v) is 6.82. The number of methoxy groups -OCH3 is 1. The van der Waals surface area contributed by atoms with Crippen LogP contribution in [-0.2, 0) is 21.4 Å². The van der Waals surface area contributed by atoms with Gasteiger partial charge in [-0.05, 0) is 49.4 Å². The highest BCUT2D eigenvalue weighted by Crippen LogP contribution is 2.46. The van der Waals surface area contributed by atoms with Crippen molar-refractivity contribution in [1.82, 2.24) is 10.3 Å². The first kappa shape index (κ1) is 18.9. The number of ether oxygens (including phenoxy) is 3. The summed E-state index contributed by atoms with van der Waals surface area (Å²) in [6.07, 6.45) is 5.94. The van der Waals surface area contributed by atoms with Crippen molar-refractivity contribution < 1.29 is 14.2 Å². The van der Waals surface area contributed by atoms with Crippen molar-refractivity contribution in [2.45, 2.75) is 43.2 Å². The van der Waals surface area contributed by atoms with Gasteiger partial charge in [0.25, 0.3) is 0 Å². The van der Waals surface area contributed by atoms with Crippen molar-refractivity contribution in [2.75, 3.05) is 33.5 Å². The van der Waals surface area contributed by atoms with Crippen LogP contribution >= 0.6 is 11.3 Å². The van der Waals surface area contributed by atoms with Crippen LogP contribution in [0.1, 0.15) is 36.3 Å². The number of thiophene rings is 1. The van der Waals surface area contributed by atoms with Crippen molar-refractivity contribution in [2.24, 2.45) is 0 Å². The highest BCUT2D eigenvalue weighted by molar-refractivity contribution is 7.10. The topological polar surface area (TPSA) is 52.6 Å². The van der Waals surface area contributed by atoms with E-state index in [1.165, 1.54) is 10.6 Å². The zero-order valence-corrected chi connectivity index (χ0v) is 16.7. The smallest absolute Gasteiger partial charge is 0.134 e. The first-order valence-corrected chi connectivity index (χ1v) is 10.6. The van der Waals surface area contributed by atoms with Crippen LogP contribution in [-0.4, -0.2) is 44.1 Å². The number of pyridine rings is 1. The number of hydrogen-bond acceptors (Lipinski definition) is 6. The van der Waals surface area contributed by atoms with Gasteiger partial charge in [0.05, 0.1) is 24.2 Å². The summed E-state index contributed by atoms with van der Waals surface area (Å²) in [6, 6.07) is 8.30. The number of rotatable bonds is 7. The molecular weight excluding hydrogens is 360 g/mol. The second-order valence-electron chi connectivity index (χ2n) is 7.60. The van der Waals surface area contributed by atoms with Gasteiger partial charge in [-0.2, -0.15) is 0 Å². The highest BCUT2D eigenvalue weighted by Gasteiger charge is 2.49. The largest absolute Gasteiger partial charge is 0.496 e. The van der Waals surface area contributed by atoms with Gasteiger partial charge in [0.1, 0.15) is 5.75 Å². The van der Waals surface area contributed by atoms with Crippen LogP contribution in [0.2, 0.25) is 0 Å². The average Bonchev–Trinajstić information content (AvgIpc) is 3.35. The van der Waals surface area contributed by atoms with Crippen LogP contribution in [0.4, 0.5) is 0 Å². The Morgan fingerprint density at radius 1 is 1.26 bits per heavy atom. The molecule has 0 radical (unpaired) electrons. The third-order valence-electron chi connectivity index (χ3n) is 5.92. The quantitative estimate of drug-likeness (QED) is 0.736. The lowest BCUT2D eigenvalue weighted by Crippen LogP contribution is -2.49. The van der Waals surface area contributed by atoms with Crippen LogP contribution in [0, 0.1) is 0 Å². The highest BCUT2D eigenvalue weighted by atomic mass is 32.1. The fraction of sp³-hybridized carbons (Fsp3) is 0.571. The Labute approximate surface area is 165 Å². The first-order valence-electron chi connectivity index (χ1n) is 9.70. The van der Waals surface area contributed by atoms with Crippen LogP contribution < -0.4 is 10.1 Å². The molecule has 0 aromatic carbocycles. The van der Waals surface area contributed by atoms with Gasteiger partial charge in [-0.25, -0.2) is 0 Å². The maximum Gasteiger partial charge on any atom is 0.134 e. The lowest BCUT2D eigenvalue weighted by molar-refractivity contribution is -0.109. The van der Waals surface area contributed by atoms with Crippen molar-refractivity contribution in [3.63, 3.8) is 0 Å². The van der Waals surface area contributed by atoms with Gasteiger partial charge in [-0.3, -0.25) is 4.98 Å². The molecule has 0 amide bonds. The molecule has 146 valence electrons. The number of hydrogen-bond donors (Lipinski definition) is 1. The monoisotopic (exact) mass is 388 g/mol. The Balaban J connectivity index is 1.46. The summed E-state index contributed by atoms with van der Waals surface area (Å²) in [4.78, 5) is 5.99. The molecule has 0 bridgehead atoms. The van der Waals surface area contributed by atoms with Gasteiger partial charge in [0, 0.05) is 43.5 Å². The van der Waals surface area contributed by atoms with Gasteiger partial charge in [0.2, 0.25) is 0 Å². The van der Waals surface area contributed by atoms with Crippen molar-refractivity contribution in [1.29, 1.82) is 0 Å². The fourth-order valence-electron chi connectivity index (χ4n) is 4.47. The van der Waals surface area contributed by atoms with Crippen LogP contribution in [0.3, 0.4) is 0 Å². The molecule has 27 heavy (non-hydrogen) atoms. The molecule has 2 aliphatic heterocycles. The molecule has 2 aromatic heterocycles. The normalized spacial score (nSPS) is 27.9. The summed E-state index contributed by atoms with van der Waals surface area (Å²) >= 11 is 1.73. The van der Waals surface area contributed by atoms with E-state index < -0.39 is 0 Å². The van der Waals surface area contributed by atoms with E-state index in [0.29, 0.717) is 6.61 Å². The maximum atomic E-state index is 6.21. The molecule has 2 aliphatic rings. The molecule has 5 nitrogen and oxygen atoms in total. The summed E-state index contributed by atoms with van der Waals surface area (Å²) in [5.41, 5.74) is 1.10. The Kier molecular flexibility index (Phi) is 5.78. The van der Waals surface area contributed by atoms with Crippen molar-refractivity contribution in [3.8, 4) is 5.75 Å². The predicted molar refractivity (Wildman–Crippen MR) is 106 cm³/mol. The summed E-state index contributed by atoms with van der Waals surface area (Å²) < 4.78 is 17.3. The minimum absolute atomic E-state index is 0.0414. The SMILES string of the molecule is COc1ccsc1CNCCC1(c2ccccn2)CCOC2(CCOC2)C1. The molecule has 4 rings (SSSR count). The van der Waals surface area contributed by atoms with E-state index in [-0.39, 0.29) is 11.0 Å². The third kappa shape index (κ3) is 4.04. The van der Waals surface area contributed by atoms with E-state index in [2.05, 4.69) is 22.8 Å². The number of nitrogens with zero attached hydrogens (tertiary/aromatic N) is 1. The summed E-state index contributed by atoms with van der Waals surface area (Å²) in [6.45, 7) is 4.06. The molecule has 0 aliphatic carbocycles. The summed E-state index contributed by atoms with van der Waals surface area (Å²) in [5, 5.41) is 5.69. The van der Waals surface area contributed by atoms with Gasteiger partial charge in [0.15, 0.2) is 0 Å². The first-order chi connectivity index (χ1) is 13.3. The van der Waals surface area contributed by atoms with Crippen LogP contribution in [0.15, 0.2) is 35.8 Å². The van der Waals surface area contributed by atoms with Crippen molar-refractivity contribution >= 4 is 11.3 Å². The van der Waals surface area contributed by atoms with E-state index in [1.54, 1.807) is 18.4 Å². The van der Waals surface area contributed by atoms with Gasteiger partial charge in [-0.1, -0.05) is 6.07 Å². The standard InChI is InChI=1S/C21H28N2O3S/c1-24-17-5-13-27-18(17)14-22-10-6-20(19-4-2-3-9-23-19)7-12-26-21(15-20)8-11-25-16-21/h2-5,9,13,22H,6-8,10-12,14-16H2,1H3. The lowest BCUT2D eigenvalue weighted by Gasteiger charge is -2.45. The van der Waals surface area contributed by atoms with Crippen LogP contribution in [0.25, 0.3) is 0 Å². The van der Waals surface area contributed by atoms with Crippen molar-refractivity contribution in [3.05, 3.63) is 46.4 Å². The molecule has 2 aromatic rings. The Bertz CT molecular complexity index is 730. The average molecular weight is 389 g/mol. The molecule has 2 saturated heterocycles. The lowest BCUT2D eigenvalue weighted by atomic mass is 9.68. The fourth-order valence-corrected chi connectivity index (χ4v) is 5.28. The minimum Gasteiger partial charge on any atom is -0.496 e. The van der Waals surface area contributed by atoms with Crippen LogP contribution in [0.5, 0.6) is 5.75 Å². The predicted octanol–water partition coefficient (Wildman–Crippen LogP) is 3.54. The Morgan fingerprint density at radius 2 is 2.22 bits per heavy atom. The summed E-state index contributed by atoms with van der Waals surface area (Å²) in [5.74, 6) is 0.972. The van der Waals surface area contributed by atoms with E-state index in [0.717, 1.165) is 57.7 Å². The Hall–Kier alpha value is -1.47. The van der Waals surface area contributed by atoms with Gasteiger partial charge < -0.3 is 19.5 Å². The molecule has 1 spiro atoms. The molecule has 2 unspecified atom stereocenters. The number of aromatic nitrogens is 1. The van der Waals surface area contributed by atoms with Gasteiger partial charge >= 0.3 is 0 Å². The van der Waals surface area contributed by atoms with E-state index in [4.69, 9.17) is 19.2 Å². The minimum atomic E-state index is -0.132. The Morgan fingerprint density at radius 3 is 3.00 bits per heavy atom. The van der Waals surface area contributed by atoms with E-state index in [9.17, 15) is 0 Å². The second-order valence-corrected chi connectivity index (χ2v) is 8.60. The van der Waals surface area contributed by atoms with Gasteiger partial charge in [-0.15, -0.1) is 11.3 Å². The zero-order valence-electron chi connectivity index (χ0n) is 15.9. The molecule has 2 fully saturated rings. The molecule has 6 heteroatoms. The second kappa shape index (κ2) is 8.27. The molecule has 4 heterocycles. The maximum absolute atomic E-state index is 6.21. The van der Waals surface area contributed by atoms with E-state index in [1.807, 2.05) is 18.3 Å². The molecule has 2 atom stereocenters. The molecule has 1 N–H and O–H groups in total. The zero-order chi connectivity index (χ0) is 18.6.